The van der Waals surface area contributed by atoms with E-state index in [-0.39, 0.29) is 5.75 Å². The molecule has 2 aromatic carbocycles. The zero-order valence-electron chi connectivity index (χ0n) is 20.8. The Kier molecular flexibility index (Phi) is 6.43. The van der Waals surface area contributed by atoms with Crippen molar-refractivity contribution in [2.24, 2.45) is 11.3 Å². The highest BCUT2D eigenvalue weighted by Crippen LogP contribution is 2.51. The molecule has 186 valence electrons. The van der Waals surface area contributed by atoms with Crippen molar-refractivity contribution in [2.45, 2.75) is 39.0 Å². The van der Waals surface area contributed by atoms with Crippen LogP contribution in [-0.2, 0) is 10.0 Å². The Morgan fingerprint density at radius 3 is 2.26 bits per heavy atom. The van der Waals surface area contributed by atoms with E-state index in [2.05, 4.69) is 58.9 Å². The quantitative estimate of drug-likeness (QED) is 0.457. The van der Waals surface area contributed by atoms with E-state index in [9.17, 15) is 8.42 Å². The molecule has 1 N–H and O–H groups in total. The molecule has 3 aliphatic rings. The van der Waals surface area contributed by atoms with E-state index in [0.29, 0.717) is 17.0 Å². The molecule has 35 heavy (non-hydrogen) atoms. The Morgan fingerprint density at radius 1 is 0.971 bits per heavy atom. The fourth-order valence-corrected chi connectivity index (χ4v) is 6.09. The Hall–Kier alpha value is -2.73. The number of sulfonamides is 1. The molecule has 0 aromatic heterocycles. The molecule has 0 atom stereocenters. The van der Waals surface area contributed by atoms with Gasteiger partial charge < -0.3 is 9.80 Å². The van der Waals surface area contributed by atoms with Gasteiger partial charge in [-0.05, 0) is 54.0 Å². The molecule has 0 spiro atoms. The maximum absolute atomic E-state index is 12.4. The molecule has 0 unspecified atom stereocenters. The fourth-order valence-electron chi connectivity index (χ4n) is 4.86. The molecular formula is C29H37N3O2S. The van der Waals surface area contributed by atoms with Crippen LogP contribution in [0, 0.1) is 11.3 Å². The molecule has 2 aliphatic carbocycles. The first-order valence-electron chi connectivity index (χ1n) is 12.8. The topological polar surface area (TPSA) is 52.7 Å². The van der Waals surface area contributed by atoms with Crippen molar-refractivity contribution in [1.82, 2.24) is 9.80 Å². The Labute approximate surface area is 210 Å². The van der Waals surface area contributed by atoms with Gasteiger partial charge in [-0.1, -0.05) is 69.3 Å². The van der Waals surface area contributed by atoms with Gasteiger partial charge in [0.05, 0.1) is 5.75 Å². The van der Waals surface area contributed by atoms with Gasteiger partial charge in [0.1, 0.15) is 0 Å². The summed E-state index contributed by atoms with van der Waals surface area (Å²) in [5.41, 5.74) is 6.47. The fraction of sp³-hybridized carbons (Fsp3) is 0.448. The van der Waals surface area contributed by atoms with Crippen LogP contribution in [0.1, 0.15) is 44.6 Å². The predicted molar refractivity (Wildman–Crippen MR) is 145 cm³/mol. The second kappa shape index (κ2) is 9.38. The number of nitrogens with zero attached hydrogens (tertiary/aromatic N) is 2. The van der Waals surface area contributed by atoms with Crippen LogP contribution in [0.15, 0.2) is 67.4 Å². The molecular weight excluding hydrogens is 454 g/mol. The van der Waals surface area contributed by atoms with Crippen LogP contribution >= 0.6 is 0 Å². The molecule has 1 aliphatic heterocycles. The van der Waals surface area contributed by atoms with E-state index in [1.165, 1.54) is 31.4 Å². The number of rotatable bonds is 10. The monoisotopic (exact) mass is 491 g/mol. The predicted octanol–water partition coefficient (Wildman–Crippen LogP) is 5.80. The lowest BCUT2D eigenvalue weighted by atomic mass is 10.0. The number of nitrogens with one attached hydrogen (secondary N) is 1. The van der Waals surface area contributed by atoms with Crippen LogP contribution in [0.4, 0.5) is 5.69 Å². The van der Waals surface area contributed by atoms with E-state index in [4.69, 9.17) is 0 Å². The van der Waals surface area contributed by atoms with Gasteiger partial charge in [-0.2, -0.15) is 0 Å². The van der Waals surface area contributed by atoms with Crippen molar-refractivity contribution in [1.29, 1.82) is 0 Å². The summed E-state index contributed by atoms with van der Waals surface area (Å²) in [5.74, 6) is 0.793. The molecule has 0 bridgehead atoms. The summed E-state index contributed by atoms with van der Waals surface area (Å²) in [4.78, 5) is 4.82. The van der Waals surface area contributed by atoms with Crippen LogP contribution in [0.2, 0.25) is 0 Å². The van der Waals surface area contributed by atoms with Crippen LogP contribution < -0.4 is 4.72 Å². The molecule has 0 amide bonds. The van der Waals surface area contributed by atoms with Crippen LogP contribution in [0.5, 0.6) is 0 Å². The van der Waals surface area contributed by atoms with Crippen molar-refractivity contribution in [3.63, 3.8) is 0 Å². The lowest BCUT2D eigenvalue weighted by molar-refractivity contribution is 0.196. The number of hydrogen-bond acceptors (Lipinski definition) is 4. The molecule has 1 saturated heterocycles. The van der Waals surface area contributed by atoms with Crippen LogP contribution in [0.25, 0.3) is 16.8 Å². The average molecular weight is 492 g/mol. The van der Waals surface area contributed by atoms with Gasteiger partial charge in [0, 0.05) is 48.7 Å². The summed E-state index contributed by atoms with van der Waals surface area (Å²) in [6.45, 7) is 15.0. The van der Waals surface area contributed by atoms with Gasteiger partial charge in [-0.25, -0.2) is 8.42 Å². The maximum Gasteiger partial charge on any atom is 0.232 e. The van der Waals surface area contributed by atoms with Gasteiger partial charge in [0.2, 0.25) is 10.0 Å². The van der Waals surface area contributed by atoms with Crippen molar-refractivity contribution >= 4 is 21.4 Å². The van der Waals surface area contributed by atoms with Gasteiger partial charge in [0.15, 0.2) is 0 Å². The summed E-state index contributed by atoms with van der Waals surface area (Å²) in [6.07, 6.45) is 5.61. The number of hydrogen-bond donors (Lipinski definition) is 1. The van der Waals surface area contributed by atoms with E-state index >= 15 is 0 Å². The molecule has 1 heterocycles. The Balaban J connectivity index is 1.19. The van der Waals surface area contributed by atoms with Gasteiger partial charge in [-0.3, -0.25) is 4.72 Å². The lowest BCUT2D eigenvalue weighted by Gasteiger charge is -2.40. The summed E-state index contributed by atoms with van der Waals surface area (Å²) < 4.78 is 27.6. The minimum absolute atomic E-state index is 0.195. The first-order valence-corrected chi connectivity index (χ1v) is 14.5. The second-order valence-corrected chi connectivity index (χ2v) is 12.6. The highest BCUT2D eigenvalue weighted by Gasteiger charge is 2.42. The summed E-state index contributed by atoms with van der Waals surface area (Å²) in [5, 5.41) is 0. The minimum atomic E-state index is -3.31. The third-order valence-electron chi connectivity index (χ3n) is 7.92. The number of benzene rings is 2. The minimum Gasteiger partial charge on any atom is -0.371 e. The van der Waals surface area contributed by atoms with Crippen molar-refractivity contribution in [3.05, 3.63) is 72.9 Å². The van der Waals surface area contributed by atoms with Crippen molar-refractivity contribution < 1.29 is 8.42 Å². The second-order valence-electron chi connectivity index (χ2n) is 10.7. The van der Waals surface area contributed by atoms with Crippen molar-refractivity contribution in [2.75, 3.05) is 36.7 Å². The van der Waals surface area contributed by atoms with Crippen molar-refractivity contribution in [3.8, 4) is 11.1 Å². The number of allylic oxidation sites excluding steroid dienone is 1. The Bertz CT molecular complexity index is 1200. The molecule has 5 rings (SSSR count). The first kappa shape index (κ1) is 24.0. The van der Waals surface area contributed by atoms with E-state index in [1.54, 1.807) is 0 Å². The van der Waals surface area contributed by atoms with Crippen LogP contribution in [-0.4, -0.2) is 50.1 Å². The molecule has 3 fully saturated rings. The molecule has 2 aromatic rings. The number of piperazine rings is 1. The highest BCUT2D eigenvalue weighted by molar-refractivity contribution is 7.92. The number of anilines is 1. The zero-order chi connectivity index (χ0) is 24.6. The highest BCUT2D eigenvalue weighted by atomic mass is 32.2. The van der Waals surface area contributed by atoms with E-state index < -0.39 is 10.0 Å². The molecule has 6 heteroatoms. The van der Waals surface area contributed by atoms with Gasteiger partial charge in [-0.15, -0.1) is 0 Å². The lowest BCUT2D eigenvalue weighted by Crippen LogP contribution is -2.45. The Morgan fingerprint density at radius 2 is 1.63 bits per heavy atom. The smallest absolute Gasteiger partial charge is 0.232 e. The van der Waals surface area contributed by atoms with E-state index in [0.717, 1.165) is 55.0 Å². The van der Waals surface area contributed by atoms with Gasteiger partial charge in [0.25, 0.3) is 0 Å². The molecule has 2 saturated carbocycles. The normalized spacial score (nSPS) is 19.3. The third kappa shape index (κ3) is 5.75. The third-order valence-corrected chi connectivity index (χ3v) is 9.24. The maximum atomic E-state index is 12.4. The van der Waals surface area contributed by atoms with Crippen LogP contribution in [0.3, 0.4) is 0 Å². The molecule has 5 nitrogen and oxygen atoms in total. The zero-order valence-corrected chi connectivity index (χ0v) is 21.6. The van der Waals surface area contributed by atoms with E-state index in [1.807, 2.05) is 24.3 Å². The standard InChI is InChI=1S/C29H37N3O2S/c1-22(31-16-18-32(19-17-31)23(2)29(3)14-15-29)25-9-11-26(12-10-25)27-5-4-6-28(21-27)30-35(33,34)20-13-24-7-8-24/h4-6,9-12,21,24,30H,1-2,7-8,13-20H2,3H3. The average Bonchev–Trinajstić information content (AvgIpc) is 3.80. The SMILES string of the molecule is C=C(c1ccc(-c2cccc(NS(=O)(=O)CCC3CC3)c2)cc1)N1CCN(C(=C)C2(C)CC2)CC1. The largest absolute Gasteiger partial charge is 0.371 e. The summed E-state index contributed by atoms with van der Waals surface area (Å²) in [7, 11) is -3.31. The molecule has 0 radical (unpaired) electrons. The summed E-state index contributed by atoms with van der Waals surface area (Å²) in [6, 6.07) is 16.0. The first-order chi connectivity index (χ1) is 16.7. The van der Waals surface area contributed by atoms with Gasteiger partial charge >= 0.3 is 0 Å². The summed E-state index contributed by atoms with van der Waals surface area (Å²) >= 11 is 0.